The van der Waals surface area contributed by atoms with Gasteiger partial charge in [-0.1, -0.05) is 6.07 Å². The van der Waals surface area contributed by atoms with E-state index in [-0.39, 0.29) is 12.1 Å². The van der Waals surface area contributed by atoms with Crippen LogP contribution in [0.3, 0.4) is 0 Å². The average Bonchev–Trinajstić information content (AvgIpc) is 2.48. The SMILES string of the molecule is Cc1ccc(NC(N)=NCc2ccc(C)n(C)c2=O)cc1C. The van der Waals surface area contributed by atoms with Crippen LogP contribution in [0, 0.1) is 20.8 Å². The molecule has 116 valence electrons. The molecule has 0 atom stereocenters. The molecule has 2 rings (SSSR count). The van der Waals surface area contributed by atoms with Gasteiger partial charge in [-0.05, 0) is 56.2 Å². The second kappa shape index (κ2) is 6.47. The summed E-state index contributed by atoms with van der Waals surface area (Å²) in [6.07, 6.45) is 0. The van der Waals surface area contributed by atoms with Gasteiger partial charge in [-0.25, -0.2) is 4.99 Å². The fourth-order valence-electron chi connectivity index (χ4n) is 2.08. The van der Waals surface area contributed by atoms with E-state index in [1.165, 1.54) is 11.1 Å². The minimum Gasteiger partial charge on any atom is -0.370 e. The van der Waals surface area contributed by atoms with E-state index in [0.29, 0.717) is 11.5 Å². The highest BCUT2D eigenvalue weighted by Crippen LogP contribution is 2.13. The number of aryl methyl sites for hydroxylation is 3. The van der Waals surface area contributed by atoms with Crippen molar-refractivity contribution in [3.63, 3.8) is 0 Å². The molecule has 0 amide bonds. The molecule has 0 bridgehead atoms. The van der Waals surface area contributed by atoms with Gasteiger partial charge in [0.25, 0.3) is 5.56 Å². The molecule has 22 heavy (non-hydrogen) atoms. The minimum atomic E-state index is -0.0391. The van der Waals surface area contributed by atoms with Crippen LogP contribution in [0.15, 0.2) is 40.1 Å². The number of nitrogens with zero attached hydrogens (tertiary/aromatic N) is 2. The van der Waals surface area contributed by atoms with Crippen molar-refractivity contribution in [1.82, 2.24) is 4.57 Å². The topological polar surface area (TPSA) is 72.4 Å². The lowest BCUT2D eigenvalue weighted by Crippen LogP contribution is -2.25. The number of nitrogens with one attached hydrogen (secondary N) is 1. The molecule has 0 spiro atoms. The Morgan fingerprint density at radius 3 is 2.59 bits per heavy atom. The average molecular weight is 298 g/mol. The van der Waals surface area contributed by atoms with Gasteiger partial charge in [0.15, 0.2) is 5.96 Å². The van der Waals surface area contributed by atoms with Crippen LogP contribution in [0.25, 0.3) is 0 Å². The van der Waals surface area contributed by atoms with Crippen molar-refractivity contribution in [3.8, 4) is 0 Å². The molecule has 5 nitrogen and oxygen atoms in total. The summed E-state index contributed by atoms with van der Waals surface area (Å²) in [6, 6.07) is 9.70. The second-order valence-corrected chi connectivity index (χ2v) is 5.49. The minimum absolute atomic E-state index is 0.0391. The number of anilines is 1. The van der Waals surface area contributed by atoms with Crippen molar-refractivity contribution < 1.29 is 0 Å². The summed E-state index contributed by atoms with van der Waals surface area (Å²) >= 11 is 0. The highest BCUT2D eigenvalue weighted by Gasteiger charge is 2.03. The fourth-order valence-corrected chi connectivity index (χ4v) is 2.08. The van der Waals surface area contributed by atoms with Crippen molar-refractivity contribution in [3.05, 3.63) is 63.1 Å². The van der Waals surface area contributed by atoms with Gasteiger partial charge >= 0.3 is 0 Å². The van der Waals surface area contributed by atoms with Gasteiger partial charge in [-0.2, -0.15) is 0 Å². The first-order valence-corrected chi connectivity index (χ1v) is 7.18. The number of hydrogen-bond donors (Lipinski definition) is 2. The van der Waals surface area contributed by atoms with E-state index in [4.69, 9.17) is 5.73 Å². The van der Waals surface area contributed by atoms with Crippen LogP contribution < -0.4 is 16.6 Å². The Kier molecular flexibility index (Phi) is 4.65. The van der Waals surface area contributed by atoms with Crippen LogP contribution in [0.4, 0.5) is 5.69 Å². The molecule has 2 aromatic rings. The molecule has 0 aliphatic carbocycles. The van der Waals surface area contributed by atoms with Crippen LogP contribution in [0.1, 0.15) is 22.4 Å². The molecule has 0 aliphatic heterocycles. The number of guanidine groups is 1. The molecule has 0 fully saturated rings. The number of nitrogens with two attached hydrogens (primary N) is 1. The molecule has 0 aliphatic rings. The molecule has 0 unspecified atom stereocenters. The highest BCUT2D eigenvalue weighted by molar-refractivity contribution is 5.92. The Hall–Kier alpha value is -2.56. The van der Waals surface area contributed by atoms with Crippen LogP contribution in [-0.2, 0) is 13.6 Å². The van der Waals surface area contributed by atoms with Gasteiger partial charge in [-0.15, -0.1) is 0 Å². The molecule has 1 heterocycles. The summed E-state index contributed by atoms with van der Waals surface area (Å²) < 4.78 is 1.61. The van der Waals surface area contributed by atoms with E-state index in [1.807, 2.05) is 38.1 Å². The third-order valence-electron chi connectivity index (χ3n) is 3.83. The Morgan fingerprint density at radius 1 is 1.18 bits per heavy atom. The molecule has 0 radical (unpaired) electrons. The van der Waals surface area contributed by atoms with Gasteiger partial charge in [-0.3, -0.25) is 4.79 Å². The van der Waals surface area contributed by atoms with E-state index in [1.54, 1.807) is 17.7 Å². The smallest absolute Gasteiger partial charge is 0.255 e. The van der Waals surface area contributed by atoms with Crippen LogP contribution in [-0.4, -0.2) is 10.5 Å². The van der Waals surface area contributed by atoms with Crippen LogP contribution in [0.2, 0.25) is 0 Å². The van der Waals surface area contributed by atoms with Crippen molar-refractivity contribution in [1.29, 1.82) is 0 Å². The molecule has 1 aromatic heterocycles. The Balaban J connectivity index is 2.11. The molecular weight excluding hydrogens is 276 g/mol. The summed E-state index contributed by atoms with van der Waals surface area (Å²) in [5.74, 6) is 0.297. The summed E-state index contributed by atoms with van der Waals surface area (Å²) in [7, 11) is 1.75. The van der Waals surface area contributed by atoms with Gasteiger partial charge < -0.3 is 15.6 Å². The van der Waals surface area contributed by atoms with Gasteiger partial charge in [0, 0.05) is 24.0 Å². The Labute approximate surface area is 130 Å². The predicted molar refractivity (Wildman–Crippen MR) is 91.3 cm³/mol. The maximum Gasteiger partial charge on any atom is 0.255 e. The van der Waals surface area contributed by atoms with E-state index < -0.39 is 0 Å². The quantitative estimate of drug-likeness (QED) is 0.674. The molecule has 3 N–H and O–H groups in total. The summed E-state index contributed by atoms with van der Waals surface area (Å²) in [5.41, 5.74) is 10.7. The first-order valence-electron chi connectivity index (χ1n) is 7.18. The van der Waals surface area contributed by atoms with Crippen LogP contribution >= 0.6 is 0 Å². The third-order valence-corrected chi connectivity index (χ3v) is 3.83. The third kappa shape index (κ3) is 3.55. The number of aromatic nitrogens is 1. The lowest BCUT2D eigenvalue weighted by atomic mass is 10.1. The largest absolute Gasteiger partial charge is 0.370 e. The molecule has 5 heteroatoms. The van der Waals surface area contributed by atoms with E-state index >= 15 is 0 Å². The number of hydrogen-bond acceptors (Lipinski definition) is 2. The lowest BCUT2D eigenvalue weighted by Gasteiger charge is -2.08. The van der Waals surface area contributed by atoms with E-state index in [9.17, 15) is 4.79 Å². The normalized spacial score (nSPS) is 11.5. The summed E-state index contributed by atoms with van der Waals surface area (Å²) in [4.78, 5) is 16.3. The number of aliphatic imine (C=N–C) groups is 1. The van der Waals surface area contributed by atoms with Crippen molar-refractivity contribution in [2.24, 2.45) is 17.8 Å². The first-order chi connectivity index (χ1) is 10.4. The lowest BCUT2D eigenvalue weighted by molar-refractivity contribution is 0.795. The van der Waals surface area contributed by atoms with Crippen molar-refractivity contribution >= 4 is 11.6 Å². The standard InChI is InChI=1S/C17H22N4O/c1-11-5-8-15(9-12(11)2)20-17(18)19-10-14-7-6-13(3)21(4)16(14)22/h5-9H,10H2,1-4H3,(H3,18,19,20). The fraction of sp³-hybridized carbons (Fsp3) is 0.294. The molecule has 0 saturated carbocycles. The first kappa shape index (κ1) is 15.8. The second-order valence-electron chi connectivity index (χ2n) is 5.49. The summed E-state index contributed by atoms with van der Waals surface area (Å²) in [5, 5.41) is 3.04. The summed E-state index contributed by atoms with van der Waals surface area (Å²) in [6.45, 7) is 6.26. The molecule has 0 saturated heterocycles. The van der Waals surface area contributed by atoms with Gasteiger partial charge in [0.05, 0.1) is 6.54 Å². The number of pyridine rings is 1. The predicted octanol–water partition coefficient (Wildman–Crippen LogP) is 2.24. The van der Waals surface area contributed by atoms with Crippen molar-refractivity contribution in [2.45, 2.75) is 27.3 Å². The monoisotopic (exact) mass is 298 g/mol. The van der Waals surface area contributed by atoms with E-state index in [2.05, 4.69) is 17.2 Å². The van der Waals surface area contributed by atoms with Crippen molar-refractivity contribution in [2.75, 3.05) is 5.32 Å². The van der Waals surface area contributed by atoms with E-state index in [0.717, 1.165) is 11.4 Å². The van der Waals surface area contributed by atoms with Gasteiger partial charge in [0.2, 0.25) is 0 Å². The molecule has 1 aromatic carbocycles. The van der Waals surface area contributed by atoms with Crippen LogP contribution in [0.5, 0.6) is 0 Å². The van der Waals surface area contributed by atoms with Gasteiger partial charge in [0.1, 0.15) is 0 Å². The zero-order valence-electron chi connectivity index (χ0n) is 13.5. The Morgan fingerprint density at radius 2 is 1.91 bits per heavy atom. The number of rotatable bonds is 3. The zero-order chi connectivity index (χ0) is 16.3. The Bertz CT molecular complexity index is 775. The maximum atomic E-state index is 12.1. The number of benzene rings is 1. The molecular formula is C17H22N4O. The zero-order valence-corrected chi connectivity index (χ0v) is 13.5. The maximum absolute atomic E-state index is 12.1. The highest BCUT2D eigenvalue weighted by atomic mass is 16.1.